The number of nitrogens with zero attached hydrogens (tertiary/aromatic N) is 1. The maximum atomic E-state index is 11.0. The van der Waals surface area contributed by atoms with Crippen molar-refractivity contribution in [1.82, 2.24) is 0 Å². The van der Waals surface area contributed by atoms with Crippen LogP contribution in [-0.4, -0.2) is 29.0 Å². The normalized spacial score (nSPS) is 11.1. The third-order valence-electron chi connectivity index (χ3n) is 2.17. The number of anilines is 1. The van der Waals surface area contributed by atoms with Gasteiger partial charge in [0.1, 0.15) is 11.5 Å². The summed E-state index contributed by atoms with van der Waals surface area (Å²) in [6, 6.07) is 2.82. The molecule has 6 nitrogen and oxygen atoms in total. The molecule has 0 unspecified atom stereocenters. The molecule has 6 heteroatoms. The number of ether oxygens (including phenoxy) is 1. The molecule has 0 bridgehead atoms. The Balaban J connectivity index is 3.32. The second-order valence-electron chi connectivity index (χ2n) is 3.44. The van der Waals surface area contributed by atoms with E-state index >= 15 is 0 Å². The number of phenols is 1. The molecule has 17 heavy (non-hydrogen) atoms. The van der Waals surface area contributed by atoms with Crippen LogP contribution in [0.4, 0.5) is 5.69 Å². The van der Waals surface area contributed by atoms with E-state index in [1.54, 1.807) is 0 Å². The third-order valence-corrected chi connectivity index (χ3v) is 2.17. The average molecular weight is 238 g/mol. The predicted molar refractivity (Wildman–Crippen MR) is 63.0 cm³/mol. The monoisotopic (exact) mass is 238 g/mol. The molecule has 1 rings (SSSR count). The average Bonchev–Trinajstić information content (AvgIpc) is 2.29. The van der Waals surface area contributed by atoms with E-state index in [9.17, 15) is 9.90 Å². The molecule has 0 spiro atoms. The zero-order valence-electron chi connectivity index (χ0n) is 9.81. The van der Waals surface area contributed by atoms with Crippen molar-refractivity contribution < 1.29 is 19.8 Å². The van der Waals surface area contributed by atoms with Crippen LogP contribution in [0, 0.1) is 0 Å². The van der Waals surface area contributed by atoms with Crippen LogP contribution < -0.4 is 10.1 Å². The molecule has 1 aromatic carbocycles. The zero-order valence-corrected chi connectivity index (χ0v) is 9.81. The van der Waals surface area contributed by atoms with E-state index in [1.807, 2.05) is 0 Å². The lowest BCUT2D eigenvalue weighted by Crippen LogP contribution is -2.08. The van der Waals surface area contributed by atoms with Gasteiger partial charge < -0.3 is 20.4 Å². The summed E-state index contributed by atoms with van der Waals surface area (Å²) in [6.45, 7) is 2.89. The number of nitrogens with one attached hydrogen (secondary N) is 1. The highest BCUT2D eigenvalue weighted by atomic mass is 16.5. The lowest BCUT2D eigenvalue weighted by molar-refractivity contribution is -0.114. The minimum absolute atomic E-state index is 0.0914. The second kappa shape index (κ2) is 5.20. The van der Waals surface area contributed by atoms with E-state index in [-0.39, 0.29) is 17.4 Å². The number of hydrogen-bond donors (Lipinski definition) is 3. The number of carbonyl (C=O) groups excluding carboxylic acids is 1. The van der Waals surface area contributed by atoms with Crippen molar-refractivity contribution in [3.63, 3.8) is 0 Å². The van der Waals surface area contributed by atoms with Crippen molar-refractivity contribution in [3.05, 3.63) is 17.7 Å². The van der Waals surface area contributed by atoms with Crippen molar-refractivity contribution in [3.8, 4) is 11.5 Å². The van der Waals surface area contributed by atoms with Gasteiger partial charge in [-0.15, -0.1) is 0 Å². The smallest absolute Gasteiger partial charge is 0.221 e. The molecular formula is C11H14N2O4. The molecule has 0 heterocycles. The van der Waals surface area contributed by atoms with Crippen molar-refractivity contribution in [2.75, 3.05) is 12.4 Å². The summed E-state index contributed by atoms with van der Waals surface area (Å²) in [4.78, 5) is 11.0. The van der Waals surface area contributed by atoms with E-state index in [2.05, 4.69) is 10.5 Å². The van der Waals surface area contributed by atoms with Gasteiger partial charge >= 0.3 is 0 Å². The standard InChI is InChI=1S/C11H14N2O4/c1-6(13-16)8-4-9(12-7(2)14)11(17-3)5-10(8)15/h4-5,15-16H,1-3H3,(H,12,14)/b13-6+. The van der Waals surface area contributed by atoms with E-state index in [0.717, 1.165) is 0 Å². The number of methoxy groups -OCH3 is 1. The first-order chi connectivity index (χ1) is 7.99. The zero-order chi connectivity index (χ0) is 13.0. The van der Waals surface area contributed by atoms with Gasteiger partial charge in [0.15, 0.2) is 0 Å². The quantitative estimate of drug-likeness (QED) is 0.322. The van der Waals surface area contributed by atoms with Gasteiger partial charge in [-0.3, -0.25) is 4.79 Å². The molecule has 0 aliphatic carbocycles. The molecule has 1 amide bonds. The predicted octanol–water partition coefficient (Wildman–Crippen LogP) is 1.56. The van der Waals surface area contributed by atoms with Crippen LogP contribution in [0.25, 0.3) is 0 Å². The van der Waals surface area contributed by atoms with Crippen LogP contribution in [0.15, 0.2) is 17.3 Å². The topological polar surface area (TPSA) is 91.2 Å². The Labute approximate surface area is 98.5 Å². The number of aromatic hydroxyl groups is 1. The number of carbonyl (C=O) groups is 1. The van der Waals surface area contributed by atoms with Gasteiger partial charge in [-0.2, -0.15) is 0 Å². The van der Waals surface area contributed by atoms with Gasteiger partial charge in [-0.25, -0.2) is 0 Å². The van der Waals surface area contributed by atoms with Crippen LogP contribution in [0.2, 0.25) is 0 Å². The van der Waals surface area contributed by atoms with E-state index in [1.165, 1.54) is 33.1 Å². The number of benzene rings is 1. The minimum Gasteiger partial charge on any atom is -0.507 e. The van der Waals surface area contributed by atoms with Crippen molar-refractivity contribution in [1.29, 1.82) is 0 Å². The summed E-state index contributed by atoms with van der Waals surface area (Å²) in [6.07, 6.45) is 0. The second-order valence-corrected chi connectivity index (χ2v) is 3.44. The molecule has 3 N–H and O–H groups in total. The van der Waals surface area contributed by atoms with Crippen LogP contribution in [0.3, 0.4) is 0 Å². The highest BCUT2D eigenvalue weighted by Crippen LogP contribution is 2.32. The molecule has 92 valence electrons. The molecule has 0 aliphatic rings. The lowest BCUT2D eigenvalue weighted by atomic mass is 10.1. The van der Waals surface area contributed by atoms with E-state index in [0.29, 0.717) is 17.0 Å². The summed E-state index contributed by atoms with van der Waals surface area (Å²) >= 11 is 0. The minimum atomic E-state index is -0.265. The van der Waals surface area contributed by atoms with Gasteiger partial charge in [-0.1, -0.05) is 5.16 Å². The first-order valence-electron chi connectivity index (χ1n) is 4.87. The van der Waals surface area contributed by atoms with Crippen LogP contribution in [-0.2, 0) is 4.79 Å². The number of amides is 1. The first-order valence-corrected chi connectivity index (χ1v) is 4.87. The summed E-state index contributed by atoms with van der Waals surface area (Å²) in [5.41, 5.74) is 0.949. The molecule has 0 aromatic heterocycles. The fourth-order valence-electron chi connectivity index (χ4n) is 1.37. The Morgan fingerprint density at radius 3 is 2.53 bits per heavy atom. The lowest BCUT2D eigenvalue weighted by Gasteiger charge is -2.12. The van der Waals surface area contributed by atoms with Crippen LogP contribution >= 0.6 is 0 Å². The highest BCUT2D eigenvalue weighted by molar-refractivity contribution is 6.03. The van der Waals surface area contributed by atoms with Gasteiger partial charge in [0, 0.05) is 18.6 Å². The number of rotatable bonds is 3. The molecule has 1 aromatic rings. The first kappa shape index (κ1) is 12.8. The summed E-state index contributed by atoms with van der Waals surface area (Å²) in [5.74, 6) is -0.0306. The fourth-order valence-corrected chi connectivity index (χ4v) is 1.37. The van der Waals surface area contributed by atoms with Crippen molar-refractivity contribution in [2.24, 2.45) is 5.16 Å². The molecular weight excluding hydrogens is 224 g/mol. The van der Waals surface area contributed by atoms with Gasteiger partial charge in [-0.05, 0) is 13.0 Å². The van der Waals surface area contributed by atoms with Gasteiger partial charge in [0.05, 0.1) is 18.5 Å². The maximum absolute atomic E-state index is 11.0. The Kier molecular flexibility index (Phi) is 3.92. The number of oxime groups is 1. The molecule has 0 radical (unpaired) electrons. The van der Waals surface area contributed by atoms with E-state index < -0.39 is 0 Å². The Hall–Kier alpha value is -2.24. The van der Waals surface area contributed by atoms with Crippen LogP contribution in [0.5, 0.6) is 11.5 Å². The molecule has 0 saturated carbocycles. The maximum Gasteiger partial charge on any atom is 0.221 e. The highest BCUT2D eigenvalue weighted by Gasteiger charge is 2.13. The summed E-state index contributed by atoms with van der Waals surface area (Å²) < 4.78 is 5.02. The Morgan fingerprint density at radius 2 is 2.06 bits per heavy atom. The van der Waals surface area contributed by atoms with Gasteiger partial charge in [0.2, 0.25) is 5.91 Å². The van der Waals surface area contributed by atoms with Crippen molar-refractivity contribution >= 4 is 17.3 Å². The number of hydrogen-bond acceptors (Lipinski definition) is 5. The molecule has 0 saturated heterocycles. The Morgan fingerprint density at radius 1 is 1.41 bits per heavy atom. The van der Waals surface area contributed by atoms with E-state index in [4.69, 9.17) is 9.94 Å². The van der Waals surface area contributed by atoms with Gasteiger partial charge in [0.25, 0.3) is 0 Å². The number of phenolic OH excluding ortho intramolecular Hbond substituents is 1. The fraction of sp³-hybridized carbons (Fsp3) is 0.273. The SMILES string of the molecule is COc1cc(O)c(/C(C)=N/O)cc1NC(C)=O. The summed E-state index contributed by atoms with van der Waals surface area (Å²) in [7, 11) is 1.42. The third kappa shape index (κ3) is 2.87. The molecule has 0 fully saturated rings. The molecule has 0 atom stereocenters. The largest absolute Gasteiger partial charge is 0.507 e. The summed E-state index contributed by atoms with van der Waals surface area (Å²) in [5, 5.41) is 23.9. The Bertz CT molecular complexity index is 469. The molecule has 0 aliphatic heterocycles. The van der Waals surface area contributed by atoms with Crippen LogP contribution in [0.1, 0.15) is 19.4 Å². The van der Waals surface area contributed by atoms with Crippen molar-refractivity contribution in [2.45, 2.75) is 13.8 Å².